The molecule has 1 N–H and O–H groups in total. The van der Waals surface area contributed by atoms with E-state index in [0.717, 1.165) is 12.1 Å². The van der Waals surface area contributed by atoms with E-state index in [2.05, 4.69) is 10.3 Å². The van der Waals surface area contributed by atoms with Crippen molar-refractivity contribution in [1.82, 2.24) is 4.98 Å². The van der Waals surface area contributed by atoms with Gasteiger partial charge < -0.3 is 14.8 Å². The summed E-state index contributed by atoms with van der Waals surface area (Å²) in [7, 11) is 0. The highest BCUT2D eigenvalue weighted by atomic mass is 35.5. The van der Waals surface area contributed by atoms with Gasteiger partial charge in [0.1, 0.15) is 11.0 Å². The summed E-state index contributed by atoms with van der Waals surface area (Å²) in [5.74, 6) is 0.0639. The summed E-state index contributed by atoms with van der Waals surface area (Å²) in [4.78, 5) is 3.79. The van der Waals surface area contributed by atoms with Gasteiger partial charge in [-0.05, 0) is 12.1 Å². The van der Waals surface area contributed by atoms with Gasteiger partial charge >= 0.3 is 6.18 Å². The number of anilines is 1. The number of nitrogens with zero attached hydrogens (tertiary/aromatic N) is 1. The lowest BCUT2D eigenvalue weighted by atomic mass is 10.2. The molecule has 106 valence electrons. The molecule has 1 saturated heterocycles. The number of rotatable bonds is 3. The normalized spacial score (nSPS) is 20.3. The van der Waals surface area contributed by atoms with Crippen LogP contribution in [0.15, 0.2) is 12.1 Å². The molecule has 0 radical (unpaired) electrons. The number of halogens is 4. The first-order chi connectivity index (χ1) is 8.95. The van der Waals surface area contributed by atoms with E-state index in [1.54, 1.807) is 0 Å². The Labute approximate surface area is 112 Å². The second kappa shape index (κ2) is 5.94. The number of pyridine rings is 1. The molecule has 1 atom stereocenters. The van der Waals surface area contributed by atoms with Crippen LogP contribution in [0.25, 0.3) is 0 Å². The molecule has 0 saturated carbocycles. The minimum absolute atomic E-state index is 0.0639. The minimum Gasteiger partial charge on any atom is -0.376 e. The van der Waals surface area contributed by atoms with E-state index in [4.69, 9.17) is 21.1 Å². The van der Waals surface area contributed by atoms with Crippen LogP contribution in [0.2, 0.25) is 5.15 Å². The van der Waals surface area contributed by atoms with Crippen molar-refractivity contribution in [3.05, 3.63) is 22.8 Å². The fraction of sp³-hybridized carbons (Fsp3) is 0.545. The van der Waals surface area contributed by atoms with Crippen molar-refractivity contribution in [3.8, 4) is 0 Å². The molecule has 1 aromatic rings. The lowest BCUT2D eigenvalue weighted by Gasteiger charge is -2.23. The zero-order chi connectivity index (χ0) is 13.9. The third kappa shape index (κ3) is 4.22. The summed E-state index contributed by atoms with van der Waals surface area (Å²) in [6, 6.07) is 1.70. The molecular formula is C11H12ClF3N2O2. The molecule has 0 spiro atoms. The monoisotopic (exact) mass is 296 g/mol. The Hall–Kier alpha value is -1.05. The maximum absolute atomic E-state index is 12.6. The number of nitrogens with one attached hydrogen (secondary N) is 1. The van der Waals surface area contributed by atoms with Crippen LogP contribution in [0.1, 0.15) is 5.56 Å². The first-order valence-corrected chi connectivity index (χ1v) is 6.01. The Morgan fingerprint density at radius 1 is 1.37 bits per heavy atom. The van der Waals surface area contributed by atoms with Gasteiger partial charge in [-0.3, -0.25) is 0 Å². The highest BCUT2D eigenvalue weighted by Gasteiger charge is 2.31. The fourth-order valence-corrected chi connectivity index (χ4v) is 1.83. The Morgan fingerprint density at radius 3 is 2.79 bits per heavy atom. The fourth-order valence-electron chi connectivity index (χ4n) is 1.62. The van der Waals surface area contributed by atoms with Crippen molar-refractivity contribution in [2.45, 2.75) is 12.3 Å². The topological polar surface area (TPSA) is 43.4 Å². The molecule has 1 fully saturated rings. The Kier molecular flexibility index (Phi) is 4.49. The highest BCUT2D eigenvalue weighted by Crippen LogP contribution is 2.31. The van der Waals surface area contributed by atoms with Crippen LogP contribution in [0.3, 0.4) is 0 Å². The molecule has 1 aliphatic heterocycles. The zero-order valence-corrected chi connectivity index (χ0v) is 10.6. The summed E-state index contributed by atoms with van der Waals surface area (Å²) in [6.45, 7) is 1.72. The van der Waals surface area contributed by atoms with E-state index in [1.165, 1.54) is 0 Å². The molecule has 1 aliphatic rings. The molecule has 0 aromatic carbocycles. The van der Waals surface area contributed by atoms with Gasteiger partial charge in [0.15, 0.2) is 0 Å². The molecule has 0 aliphatic carbocycles. The van der Waals surface area contributed by atoms with Crippen LogP contribution < -0.4 is 5.32 Å². The van der Waals surface area contributed by atoms with Crippen LogP contribution in [-0.4, -0.2) is 37.5 Å². The van der Waals surface area contributed by atoms with Crippen LogP contribution in [-0.2, 0) is 15.7 Å². The van der Waals surface area contributed by atoms with Gasteiger partial charge in [0, 0.05) is 6.54 Å². The lowest BCUT2D eigenvalue weighted by molar-refractivity contribution is -0.137. The maximum atomic E-state index is 12.6. The molecule has 4 nitrogen and oxygen atoms in total. The average Bonchev–Trinajstić information content (AvgIpc) is 2.36. The highest BCUT2D eigenvalue weighted by molar-refractivity contribution is 6.29. The Bertz CT molecular complexity index is 436. The molecule has 2 rings (SSSR count). The van der Waals surface area contributed by atoms with Gasteiger partial charge in [0.25, 0.3) is 0 Å². The number of ether oxygens (including phenoxy) is 2. The van der Waals surface area contributed by atoms with Crippen LogP contribution >= 0.6 is 11.6 Å². The first-order valence-electron chi connectivity index (χ1n) is 5.63. The second-order valence-corrected chi connectivity index (χ2v) is 4.40. The summed E-state index contributed by atoms with van der Waals surface area (Å²) in [5, 5.41) is 2.56. The third-order valence-electron chi connectivity index (χ3n) is 2.52. The van der Waals surface area contributed by atoms with Crippen LogP contribution in [0.4, 0.5) is 19.0 Å². The van der Waals surface area contributed by atoms with Crippen LogP contribution in [0.5, 0.6) is 0 Å². The number of aromatic nitrogens is 1. The first kappa shape index (κ1) is 14.4. The summed E-state index contributed by atoms with van der Waals surface area (Å²) in [6.07, 6.45) is -4.66. The van der Waals surface area contributed by atoms with E-state index in [9.17, 15) is 13.2 Å². The van der Waals surface area contributed by atoms with Gasteiger partial charge in [0.05, 0.1) is 31.5 Å². The SMILES string of the molecule is FC(F)(F)c1cc(Cl)nc(NCC2COCCO2)c1. The van der Waals surface area contributed by atoms with E-state index in [0.29, 0.717) is 26.4 Å². The van der Waals surface area contributed by atoms with E-state index >= 15 is 0 Å². The minimum atomic E-state index is -4.45. The molecule has 0 bridgehead atoms. The smallest absolute Gasteiger partial charge is 0.376 e. The summed E-state index contributed by atoms with van der Waals surface area (Å²) < 4.78 is 48.3. The van der Waals surface area contributed by atoms with Crippen molar-refractivity contribution in [1.29, 1.82) is 0 Å². The van der Waals surface area contributed by atoms with Gasteiger partial charge in [-0.15, -0.1) is 0 Å². The van der Waals surface area contributed by atoms with Crippen LogP contribution in [0, 0.1) is 0 Å². The van der Waals surface area contributed by atoms with E-state index in [1.807, 2.05) is 0 Å². The molecule has 19 heavy (non-hydrogen) atoms. The van der Waals surface area contributed by atoms with Crippen molar-refractivity contribution in [3.63, 3.8) is 0 Å². The number of alkyl halides is 3. The van der Waals surface area contributed by atoms with Crippen molar-refractivity contribution < 1.29 is 22.6 Å². The molecule has 8 heteroatoms. The van der Waals surface area contributed by atoms with Gasteiger partial charge in [-0.2, -0.15) is 13.2 Å². The molecule has 2 heterocycles. The summed E-state index contributed by atoms with van der Waals surface area (Å²) >= 11 is 5.57. The third-order valence-corrected chi connectivity index (χ3v) is 2.71. The average molecular weight is 297 g/mol. The maximum Gasteiger partial charge on any atom is 0.416 e. The Morgan fingerprint density at radius 2 is 2.16 bits per heavy atom. The quantitative estimate of drug-likeness (QED) is 0.871. The van der Waals surface area contributed by atoms with Crippen molar-refractivity contribution in [2.75, 3.05) is 31.7 Å². The molecule has 0 amide bonds. The van der Waals surface area contributed by atoms with Crippen molar-refractivity contribution >= 4 is 17.4 Å². The largest absolute Gasteiger partial charge is 0.416 e. The predicted molar refractivity (Wildman–Crippen MR) is 63.3 cm³/mol. The summed E-state index contributed by atoms with van der Waals surface area (Å²) in [5.41, 5.74) is -0.837. The van der Waals surface area contributed by atoms with Gasteiger partial charge in [-0.25, -0.2) is 4.98 Å². The predicted octanol–water partition coefficient (Wildman–Crippen LogP) is 2.58. The number of hydrogen-bond donors (Lipinski definition) is 1. The Balaban J connectivity index is 2.01. The lowest BCUT2D eigenvalue weighted by Crippen LogP contribution is -2.34. The number of hydrogen-bond acceptors (Lipinski definition) is 4. The van der Waals surface area contributed by atoms with E-state index < -0.39 is 11.7 Å². The zero-order valence-electron chi connectivity index (χ0n) is 9.84. The second-order valence-electron chi connectivity index (χ2n) is 4.01. The standard InChI is InChI=1S/C11H12ClF3N2O2/c12-9-3-7(11(13,14)15)4-10(17-9)16-5-8-6-18-1-2-19-8/h3-4,8H,1-2,5-6H2,(H,16,17). The van der Waals surface area contributed by atoms with E-state index in [-0.39, 0.29) is 17.1 Å². The van der Waals surface area contributed by atoms with Crippen molar-refractivity contribution in [2.24, 2.45) is 0 Å². The van der Waals surface area contributed by atoms with Gasteiger partial charge in [0.2, 0.25) is 0 Å². The molecule has 1 unspecified atom stereocenters. The van der Waals surface area contributed by atoms with Gasteiger partial charge in [-0.1, -0.05) is 11.6 Å². The molecular weight excluding hydrogens is 285 g/mol. The molecule has 1 aromatic heterocycles.